The predicted molar refractivity (Wildman–Crippen MR) is 86.3 cm³/mol. The van der Waals surface area contributed by atoms with Gasteiger partial charge in [-0.05, 0) is 0 Å². The van der Waals surface area contributed by atoms with E-state index in [1.54, 1.807) is 18.2 Å². The fourth-order valence-corrected chi connectivity index (χ4v) is 2.00. The van der Waals surface area contributed by atoms with Gasteiger partial charge in [0.05, 0.1) is 4.92 Å². The molecule has 0 aliphatic rings. The number of aromatic nitrogens is 2. The molecule has 1 N–H and O–H groups in total. The summed E-state index contributed by atoms with van der Waals surface area (Å²) >= 11 is 0. The first kappa shape index (κ1) is 17.6. The summed E-state index contributed by atoms with van der Waals surface area (Å²) in [5.41, 5.74) is 0.240. The van der Waals surface area contributed by atoms with E-state index in [0.717, 1.165) is 0 Å². The molecule has 1 heterocycles. The van der Waals surface area contributed by atoms with Crippen LogP contribution in [0.3, 0.4) is 0 Å². The molecule has 0 unspecified atom stereocenters. The van der Waals surface area contributed by atoms with Crippen molar-refractivity contribution in [1.82, 2.24) is 15.5 Å². The molecule has 8 nitrogen and oxygen atoms in total. The number of amides is 1. The molecule has 2 aromatic rings. The van der Waals surface area contributed by atoms with Gasteiger partial charge in [0.15, 0.2) is 5.82 Å². The van der Waals surface area contributed by atoms with Gasteiger partial charge in [0.1, 0.15) is 0 Å². The number of para-hydroxylation sites is 1. The van der Waals surface area contributed by atoms with Crippen molar-refractivity contribution in [3.8, 4) is 0 Å². The molecule has 1 aromatic heterocycles. The summed E-state index contributed by atoms with van der Waals surface area (Å²) < 4.78 is 5.12. The summed E-state index contributed by atoms with van der Waals surface area (Å²) in [7, 11) is 0. The Balaban J connectivity index is 1.86. The van der Waals surface area contributed by atoms with Crippen LogP contribution < -0.4 is 5.32 Å². The average Bonchev–Trinajstić information content (AvgIpc) is 3.00. The maximum absolute atomic E-state index is 11.9. The molecule has 1 aromatic carbocycles. The standard InChI is InChI=1S/C16H20N4O4/c1-16(2,3)15-18-14(24-19-15)9-8-13(21)17-10-11-6-4-5-7-12(11)20(22)23/h4-7H,8-10H2,1-3H3,(H,17,21). The van der Waals surface area contributed by atoms with E-state index >= 15 is 0 Å². The Morgan fingerprint density at radius 3 is 2.67 bits per heavy atom. The number of nitro benzene ring substituents is 1. The van der Waals surface area contributed by atoms with Gasteiger partial charge < -0.3 is 9.84 Å². The van der Waals surface area contributed by atoms with Gasteiger partial charge in [0.25, 0.3) is 5.69 Å². The molecule has 0 fully saturated rings. The lowest BCUT2D eigenvalue weighted by Crippen LogP contribution is -2.23. The molecule has 0 radical (unpaired) electrons. The Morgan fingerprint density at radius 1 is 1.33 bits per heavy atom. The molecule has 0 spiro atoms. The number of benzene rings is 1. The molecule has 0 aliphatic carbocycles. The first-order chi connectivity index (χ1) is 11.3. The highest BCUT2D eigenvalue weighted by Crippen LogP contribution is 2.19. The number of carbonyl (C=O) groups is 1. The van der Waals surface area contributed by atoms with E-state index < -0.39 is 4.92 Å². The molecule has 0 bridgehead atoms. The highest BCUT2D eigenvalue weighted by molar-refractivity contribution is 5.76. The van der Waals surface area contributed by atoms with Crippen molar-refractivity contribution in [2.75, 3.05) is 0 Å². The van der Waals surface area contributed by atoms with Gasteiger partial charge in [0, 0.05) is 36.4 Å². The molecule has 1 amide bonds. The second kappa shape index (κ2) is 7.20. The lowest BCUT2D eigenvalue weighted by atomic mass is 9.96. The highest BCUT2D eigenvalue weighted by atomic mass is 16.6. The number of hydrogen-bond donors (Lipinski definition) is 1. The van der Waals surface area contributed by atoms with E-state index in [9.17, 15) is 14.9 Å². The van der Waals surface area contributed by atoms with Gasteiger partial charge >= 0.3 is 0 Å². The zero-order valence-electron chi connectivity index (χ0n) is 13.9. The van der Waals surface area contributed by atoms with Crippen LogP contribution >= 0.6 is 0 Å². The Bertz CT molecular complexity index is 734. The summed E-state index contributed by atoms with van der Waals surface area (Å²) in [5.74, 6) is 0.766. The third-order valence-electron chi connectivity index (χ3n) is 3.37. The van der Waals surface area contributed by atoms with Crippen LogP contribution in [-0.2, 0) is 23.2 Å². The van der Waals surface area contributed by atoms with Gasteiger partial charge in [-0.25, -0.2) is 0 Å². The number of carbonyl (C=O) groups excluding carboxylic acids is 1. The average molecular weight is 332 g/mol. The number of rotatable bonds is 6. The van der Waals surface area contributed by atoms with E-state index in [-0.39, 0.29) is 30.0 Å². The minimum atomic E-state index is -0.464. The number of nitrogens with one attached hydrogen (secondary N) is 1. The minimum absolute atomic E-state index is 0.00970. The molecule has 0 saturated heterocycles. The molecular formula is C16H20N4O4. The van der Waals surface area contributed by atoms with E-state index in [4.69, 9.17) is 4.52 Å². The summed E-state index contributed by atoms with van der Waals surface area (Å²) in [4.78, 5) is 26.6. The zero-order valence-corrected chi connectivity index (χ0v) is 13.9. The van der Waals surface area contributed by atoms with E-state index in [1.165, 1.54) is 6.07 Å². The molecule has 0 atom stereocenters. The largest absolute Gasteiger partial charge is 0.352 e. The van der Waals surface area contributed by atoms with Crippen molar-refractivity contribution in [3.05, 3.63) is 51.7 Å². The quantitative estimate of drug-likeness (QED) is 0.642. The molecule has 24 heavy (non-hydrogen) atoms. The van der Waals surface area contributed by atoms with Crippen molar-refractivity contribution >= 4 is 11.6 Å². The van der Waals surface area contributed by atoms with Crippen LogP contribution in [0.4, 0.5) is 5.69 Å². The van der Waals surface area contributed by atoms with Gasteiger partial charge in [-0.1, -0.05) is 44.1 Å². The number of aryl methyl sites for hydroxylation is 1. The summed E-state index contributed by atoms with van der Waals surface area (Å²) in [6.45, 7) is 6.02. The smallest absolute Gasteiger partial charge is 0.274 e. The number of hydrogen-bond acceptors (Lipinski definition) is 6. The van der Waals surface area contributed by atoms with E-state index in [0.29, 0.717) is 23.7 Å². The maximum atomic E-state index is 11.9. The highest BCUT2D eigenvalue weighted by Gasteiger charge is 2.21. The zero-order chi connectivity index (χ0) is 17.7. The Kier molecular flexibility index (Phi) is 5.28. The number of nitrogens with zero attached hydrogens (tertiary/aromatic N) is 3. The normalized spacial score (nSPS) is 11.3. The second-order valence-corrected chi connectivity index (χ2v) is 6.42. The SMILES string of the molecule is CC(C)(C)c1noc(CCC(=O)NCc2ccccc2[N+](=O)[O-])n1. The van der Waals surface area contributed by atoms with Gasteiger partial charge in [-0.3, -0.25) is 14.9 Å². The Hall–Kier alpha value is -2.77. The van der Waals surface area contributed by atoms with Crippen LogP contribution in [0.15, 0.2) is 28.8 Å². The molecular weight excluding hydrogens is 312 g/mol. The van der Waals surface area contributed by atoms with Crippen LogP contribution in [-0.4, -0.2) is 21.0 Å². The third-order valence-corrected chi connectivity index (χ3v) is 3.37. The van der Waals surface area contributed by atoms with Crippen molar-refractivity contribution in [1.29, 1.82) is 0 Å². The lowest BCUT2D eigenvalue weighted by molar-refractivity contribution is -0.385. The van der Waals surface area contributed by atoms with Gasteiger partial charge in [0.2, 0.25) is 11.8 Å². The predicted octanol–water partition coefficient (Wildman–Crippen LogP) is 2.52. The topological polar surface area (TPSA) is 111 Å². The third kappa shape index (κ3) is 4.61. The van der Waals surface area contributed by atoms with Crippen molar-refractivity contribution in [3.63, 3.8) is 0 Å². The molecule has 2 rings (SSSR count). The van der Waals surface area contributed by atoms with Crippen molar-refractivity contribution in [2.24, 2.45) is 0 Å². The van der Waals surface area contributed by atoms with Gasteiger partial charge in [-0.15, -0.1) is 0 Å². The first-order valence-corrected chi connectivity index (χ1v) is 7.59. The van der Waals surface area contributed by atoms with Crippen LogP contribution in [0.5, 0.6) is 0 Å². The fraction of sp³-hybridized carbons (Fsp3) is 0.438. The lowest BCUT2D eigenvalue weighted by Gasteiger charge is -2.10. The van der Waals surface area contributed by atoms with Crippen LogP contribution in [0.1, 0.15) is 44.5 Å². The molecule has 8 heteroatoms. The molecule has 0 saturated carbocycles. The summed E-state index contributed by atoms with van der Waals surface area (Å²) in [6, 6.07) is 6.31. The van der Waals surface area contributed by atoms with Gasteiger partial charge in [-0.2, -0.15) is 4.98 Å². The molecule has 128 valence electrons. The Labute approximate surface area is 139 Å². The van der Waals surface area contributed by atoms with Crippen LogP contribution in [0, 0.1) is 10.1 Å². The summed E-state index contributed by atoms with van der Waals surface area (Å²) in [6.07, 6.45) is 0.498. The second-order valence-electron chi connectivity index (χ2n) is 6.42. The van der Waals surface area contributed by atoms with E-state index in [1.807, 2.05) is 20.8 Å². The monoisotopic (exact) mass is 332 g/mol. The first-order valence-electron chi connectivity index (χ1n) is 7.59. The van der Waals surface area contributed by atoms with Crippen molar-refractivity contribution in [2.45, 2.75) is 45.6 Å². The fourth-order valence-electron chi connectivity index (χ4n) is 2.00. The Morgan fingerprint density at radius 2 is 2.04 bits per heavy atom. The van der Waals surface area contributed by atoms with Crippen molar-refractivity contribution < 1.29 is 14.2 Å². The van der Waals surface area contributed by atoms with Crippen LogP contribution in [0.2, 0.25) is 0 Å². The maximum Gasteiger partial charge on any atom is 0.274 e. The van der Waals surface area contributed by atoms with E-state index in [2.05, 4.69) is 15.5 Å². The molecule has 0 aliphatic heterocycles. The number of nitro groups is 1. The minimum Gasteiger partial charge on any atom is -0.352 e. The summed E-state index contributed by atoms with van der Waals surface area (Å²) in [5, 5.41) is 17.5. The van der Waals surface area contributed by atoms with Crippen LogP contribution in [0.25, 0.3) is 0 Å².